The average molecular weight is 307 g/mol. The van der Waals surface area contributed by atoms with Gasteiger partial charge in [0.05, 0.1) is 27.9 Å². The Bertz CT molecular complexity index is 526. The summed E-state index contributed by atoms with van der Waals surface area (Å²) < 4.78 is 15.8. The topological polar surface area (TPSA) is 77.0 Å². The summed E-state index contributed by atoms with van der Waals surface area (Å²) in [4.78, 5) is 11.3. The molecule has 0 aliphatic rings. The highest BCUT2D eigenvalue weighted by atomic mass is 16.5. The third kappa shape index (κ3) is 5.14. The van der Waals surface area contributed by atoms with E-state index in [9.17, 15) is 4.79 Å². The second-order valence-corrected chi connectivity index (χ2v) is 4.19. The molecule has 22 heavy (non-hydrogen) atoms. The molecular formula is C16H21NO5. The maximum absolute atomic E-state index is 11.3. The largest absolute Gasteiger partial charge is 0.493 e. The van der Waals surface area contributed by atoms with Crippen molar-refractivity contribution in [1.29, 1.82) is 0 Å². The molecule has 0 fully saturated rings. The first-order valence-electron chi connectivity index (χ1n) is 6.69. The van der Waals surface area contributed by atoms with E-state index < -0.39 is 0 Å². The van der Waals surface area contributed by atoms with Crippen LogP contribution in [0.4, 0.5) is 0 Å². The van der Waals surface area contributed by atoms with Gasteiger partial charge in [-0.3, -0.25) is 4.79 Å². The number of nitrogens with one attached hydrogen (secondary N) is 1. The van der Waals surface area contributed by atoms with Crippen LogP contribution < -0.4 is 19.5 Å². The van der Waals surface area contributed by atoms with Gasteiger partial charge in [-0.05, 0) is 17.7 Å². The van der Waals surface area contributed by atoms with Crippen molar-refractivity contribution in [2.75, 3.05) is 34.5 Å². The Morgan fingerprint density at radius 1 is 1.14 bits per heavy atom. The Labute approximate surface area is 130 Å². The summed E-state index contributed by atoms with van der Waals surface area (Å²) in [6, 6.07) is 3.61. The van der Waals surface area contributed by atoms with Crippen LogP contribution in [0, 0.1) is 0 Å². The normalized spacial score (nSPS) is 10.9. The number of benzene rings is 1. The van der Waals surface area contributed by atoms with Gasteiger partial charge < -0.3 is 24.6 Å². The Morgan fingerprint density at radius 3 is 2.27 bits per heavy atom. The molecule has 1 amide bonds. The number of carbonyl (C=O) groups is 1. The summed E-state index contributed by atoms with van der Waals surface area (Å²) in [5.74, 6) is 1.39. The maximum Gasteiger partial charge on any atom is 0.244 e. The third-order valence-electron chi connectivity index (χ3n) is 2.75. The summed E-state index contributed by atoms with van der Waals surface area (Å²) in [5, 5.41) is 11.1. The minimum atomic E-state index is -0.261. The quantitative estimate of drug-likeness (QED) is 0.560. The van der Waals surface area contributed by atoms with Gasteiger partial charge in [-0.25, -0.2) is 0 Å². The van der Waals surface area contributed by atoms with E-state index in [1.165, 1.54) is 6.08 Å². The highest BCUT2D eigenvalue weighted by molar-refractivity contribution is 5.87. The van der Waals surface area contributed by atoms with Crippen molar-refractivity contribution in [3.8, 4) is 17.2 Å². The van der Waals surface area contributed by atoms with E-state index in [1.54, 1.807) is 51.7 Å². The van der Waals surface area contributed by atoms with Crippen LogP contribution in [-0.4, -0.2) is 45.5 Å². The summed E-state index contributed by atoms with van der Waals surface area (Å²) >= 11 is 0. The SMILES string of the molecule is COc1cc(C=CC=CC(=O)NCCO)cc(OC)c1OC. The first-order chi connectivity index (χ1) is 10.7. The molecule has 6 heteroatoms. The molecule has 0 bridgehead atoms. The van der Waals surface area contributed by atoms with E-state index in [0.717, 1.165) is 5.56 Å². The summed E-state index contributed by atoms with van der Waals surface area (Å²) in [7, 11) is 4.65. The molecule has 1 aromatic rings. The molecule has 0 aliphatic carbocycles. The van der Waals surface area contributed by atoms with Crippen LogP contribution in [0.3, 0.4) is 0 Å². The number of rotatable bonds is 8. The van der Waals surface area contributed by atoms with Gasteiger partial charge in [0.25, 0.3) is 0 Å². The zero-order valence-electron chi connectivity index (χ0n) is 13.0. The van der Waals surface area contributed by atoms with Crippen molar-refractivity contribution in [2.45, 2.75) is 0 Å². The zero-order chi connectivity index (χ0) is 16.4. The number of aliphatic hydroxyl groups is 1. The van der Waals surface area contributed by atoms with Crippen LogP contribution in [0.1, 0.15) is 5.56 Å². The Balaban J connectivity index is 2.83. The lowest BCUT2D eigenvalue weighted by Gasteiger charge is -2.12. The molecule has 120 valence electrons. The highest BCUT2D eigenvalue weighted by Gasteiger charge is 2.11. The van der Waals surface area contributed by atoms with Gasteiger partial charge in [0.2, 0.25) is 11.7 Å². The first-order valence-corrected chi connectivity index (χ1v) is 6.69. The van der Waals surface area contributed by atoms with Gasteiger partial charge >= 0.3 is 0 Å². The van der Waals surface area contributed by atoms with E-state index in [4.69, 9.17) is 19.3 Å². The number of ether oxygens (including phenoxy) is 3. The van der Waals surface area contributed by atoms with E-state index in [2.05, 4.69) is 5.32 Å². The molecule has 1 rings (SSSR count). The third-order valence-corrected chi connectivity index (χ3v) is 2.75. The number of allylic oxidation sites excluding steroid dienone is 2. The molecule has 0 unspecified atom stereocenters. The molecule has 0 radical (unpaired) electrons. The number of aliphatic hydroxyl groups excluding tert-OH is 1. The fraction of sp³-hybridized carbons (Fsp3) is 0.312. The molecule has 0 heterocycles. The Hall–Kier alpha value is -2.47. The monoisotopic (exact) mass is 307 g/mol. The average Bonchev–Trinajstić information content (AvgIpc) is 2.55. The van der Waals surface area contributed by atoms with Crippen LogP contribution in [0.5, 0.6) is 17.2 Å². The number of hydrogen-bond acceptors (Lipinski definition) is 5. The van der Waals surface area contributed by atoms with Crippen LogP contribution in [0.25, 0.3) is 6.08 Å². The smallest absolute Gasteiger partial charge is 0.244 e. The molecule has 0 spiro atoms. The standard InChI is InChI=1S/C16H21NO5/c1-20-13-10-12(11-14(21-2)16(13)22-3)6-4-5-7-15(19)17-8-9-18/h4-7,10-11,18H,8-9H2,1-3H3,(H,17,19). The molecule has 0 saturated carbocycles. The fourth-order valence-electron chi connectivity index (χ4n) is 1.75. The van der Waals surface area contributed by atoms with Crippen molar-refractivity contribution >= 4 is 12.0 Å². The van der Waals surface area contributed by atoms with E-state index in [1.807, 2.05) is 0 Å². The van der Waals surface area contributed by atoms with Crippen LogP contribution in [0.2, 0.25) is 0 Å². The summed E-state index contributed by atoms with van der Waals surface area (Å²) in [6.07, 6.45) is 6.51. The van der Waals surface area contributed by atoms with Crippen LogP contribution >= 0.6 is 0 Å². The molecule has 0 aromatic heterocycles. The number of hydrogen-bond donors (Lipinski definition) is 2. The fourth-order valence-corrected chi connectivity index (χ4v) is 1.75. The number of methoxy groups -OCH3 is 3. The lowest BCUT2D eigenvalue weighted by Crippen LogP contribution is -2.24. The Kier molecular flexibility index (Phi) is 7.56. The van der Waals surface area contributed by atoms with Gasteiger partial charge in [-0.1, -0.05) is 18.2 Å². The van der Waals surface area contributed by atoms with Gasteiger partial charge in [-0.2, -0.15) is 0 Å². The molecule has 6 nitrogen and oxygen atoms in total. The van der Waals surface area contributed by atoms with Crippen molar-refractivity contribution in [3.63, 3.8) is 0 Å². The van der Waals surface area contributed by atoms with Crippen LogP contribution in [0.15, 0.2) is 30.4 Å². The maximum atomic E-state index is 11.3. The van der Waals surface area contributed by atoms with E-state index in [-0.39, 0.29) is 19.1 Å². The van der Waals surface area contributed by atoms with Gasteiger partial charge in [0, 0.05) is 12.6 Å². The molecule has 0 saturated heterocycles. The minimum Gasteiger partial charge on any atom is -0.493 e. The van der Waals surface area contributed by atoms with Crippen molar-refractivity contribution in [2.24, 2.45) is 0 Å². The number of carbonyl (C=O) groups excluding carboxylic acids is 1. The predicted octanol–water partition coefficient (Wildman–Crippen LogP) is 1.39. The zero-order valence-corrected chi connectivity index (χ0v) is 13.0. The second-order valence-electron chi connectivity index (χ2n) is 4.19. The summed E-state index contributed by atoms with van der Waals surface area (Å²) in [5.41, 5.74) is 0.843. The van der Waals surface area contributed by atoms with Gasteiger partial charge in [0.15, 0.2) is 11.5 Å². The predicted molar refractivity (Wildman–Crippen MR) is 84.4 cm³/mol. The molecule has 0 atom stereocenters. The van der Waals surface area contributed by atoms with Crippen molar-refractivity contribution in [3.05, 3.63) is 35.9 Å². The Morgan fingerprint density at radius 2 is 1.77 bits per heavy atom. The van der Waals surface area contributed by atoms with E-state index in [0.29, 0.717) is 17.2 Å². The molecule has 2 N–H and O–H groups in total. The minimum absolute atomic E-state index is 0.0825. The lowest BCUT2D eigenvalue weighted by molar-refractivity contribution is -0.116. The molecule has 1 aromatic carbocycles. The highest BCUT2D eigenvalue weighted by Crippen LogP contribution is 2.38. The van der Waals surface area contributed by atoms with E-state index >= 15 is 0 Å². The van der Waals surface area contributed by atoms with Crippen molar-refractivity contribution in [1.82, 2.24) is 5.32 Å². The second kappa shape index (κ2) is 9.46. The van der Waals surface area contributed by atoms with Gasteiger partial charge in [0.1, 0.15) is 0 Å². The lowest BCUT2D eigenvalue weighted by atomic mass is 10.1. The first kappa shape index (κ1) is 17.6. The summed E-state index contributed by atoms with van der Waals surface area (Å²) in [6.45, 7) is 0.153. The number of amides is 1. The van der Waals surface area contributed by atoms with Crippen molar-refractivity contribution < 1.29 is 24.1 Å². The van der Waals surface area contributed by atoms with Gasteiger partial charge in [-0.15, -0.1) is 0 Å². The van der Waals surface area contributed by atoms with Crippen LogP contribution in [-0.2, 0) is 4.79 Å². The molecular weight excluding hydrogens is 286 g/mol. The molecule has 0 aliphatic heterocycles.